The van der Waals surface area contributed by atoms with Crippen LogP contribution >= 0.6 is 0 Å². The van der Waals surface area contributed by atoms with Crippen LogP contribution in [-0.4, -0.2) is 45.6 Å². The van der Waals surface area contributed by atoms with Gasteiger partial charge < -0.3 is 5.11 Å². The molecule has 0 saturated carbocycles. The van der Waals surface area contributed by atoms with E-state index in [1.54, 1.807) is 17.1 Å². The second-order valence-corrected chi connectivity index (χ2v) is 6.21. The summed E-state index contributed by atoms with van der Waals surface area (Å²) in [6.07, 6.45) is 5.78. The van der Waals surface area contributed by atoms with Crippen molar-refractivity contribution in [1.82, 2.24) is 24.3 Å². The van der Waals surface area contributed by atoms with Crippen molar-refractivity contribution in [1.29, 1.82) is 0 Å². The molecule has 2 rings (SSSR count). The van der Waals surface area contributed by atoms with Crippen LogP contribution in [0.4, 0.5) is 0 Å². The average Bonchev–Trinajstić information content (AvgIpc) is 2.98. The fourth-order valence-corrected chi connectivity index (χ4v) is 2.65. The molecule has 10 heteroatoms. The highest BCUT2D eigenvalue weighted by Gasteiger charge is 2.16. The van der Waals surface area contributed by atoms with Crippen molar-refractivity contribution in [2.75, 3.05) is 6.54 Å². The van der Waals surface area contributed by atoms with Crippen molar-refractivity contribution < 1.29 is 18.3 Å². The fraction of sp³-hybridized carbons (Fsp3) is 0.364. The van der Waals surface area contributed by atoms with Crippen molar-refractivity contribution in [3.05, 3.63) is 30.4 Å². The van der Waals surface area contributed by atoms with E-state index < -0.39 is 16.0 Å². The molecule has 0 unspecified atom stereocenters. The van der Waals surface area contributed by atoms with Crippen molar-refractivity contribution >= 4 is 16.0 Å². The Kier molecular flexibility index (Phi) is 4.38. The van der Waals surface area contributed by atoms with E-state index in [1.165, 1.54) is 6.20 Å². The number of carboxylic acid groups (broad SMARTS) is 1. The Morgan fingerprint density at radius 1 is 1.29 bits per heavy atom. The molecule has 0 aromatic carbocycles. The summed E-state index contributed by atoms with van der Waals surface area (Å²) in [4.78, 5) is 10.5. The molecule has 0 bridgehead atoms. The number of aryl methyl sites for hydroxylation is 1. The molecule has 0 atom stereocenters. The van der Waals surface area contributed by atoms with Gasteiger partial charge in [0.2, 0.25) is 10.0 Å². The molecule has 0 aliphatic heterocycles. The number of nitrogens with one attached hydrogen (secondary N) is 1. The summed E-state index contributed by atoms with van der Waals surface area (Å²) in [6, 6.07) is 0. The van der Waals surface area contributed by atoms with E-state index in [0.29, 0.717) is 6.54 Å². The Morgan fingerprint density at radius 3 is 2.62 bits per heavy atom. The largest absolute Gasteiger partial charge is 0.480 e. The van der Waals surface area contributed by atoms with Crippen molar-refractivity contribution in [3.63, 3.8) is 0 Å². The molecule has 0 spiro atoms. The average molecular weight is 313 g/mol. The fourth-order valence-electron chi connectivity index (χ4n) is 1.68. The number of aromatic nitrogens is 4. The first-order chi connectivity index (χ1) is 9.87. The van der Waals surface area contributed by atoms with Gasteiger partial charge in [0.15, 0.2) is 0 Å². The predicted octanol–water partition coefficient (Wildman–Crippen LogP) is -0.549. The first-order valence-electron chi connectivity index (χ1n) is 6.10. The summed E-state index contributed by atoms with van der Waals surface area (Å²) in [5, 5.41) is 16.3. The molecule has 0 saturated heterocycles. The van der Waals surface area contributed by atoms with Crippen LogP contribution in [0.2, 0.25) is 0 Å². The monoisotopic (exact) mass is 313 g/mol. The van der Waals surface area contributed by atoms with Gasteiger partial charge in [0, 0.05) is 18.9 Å². The third-order valence-electron chi connectivity index (χ3n) is 2.61. The minimum Gasteiger partial charge on any atom is -0.480 e. The highest BCUT2D eigenvalue weighted by Crippen LogP contribution is 2.06. The molecule has 21 heavy (non-hydrogen) atoms. The molecule has 0 aliphatic carbocycles. The molecule has 2 heterocycles. The molecule has 0 amide bonds. The molecular weight excluding hydrogens is 298 g/mol. The molecule has 9 nitrogen and oxygen atoms in total. The number of aliphatic carboxylic acids is 1. The van der Waals surface area contributed by atoms with E-state index in [2.05, 4.69) is 14.9 Å². The lowest BCUT2D eigenvalue weighted by molar-refractivity contribution is -0.137. The quantitative estimate of drug-likeness (QED) is 0.708. The van der Waals surface area contributed by atoms with Crippen LogP contribution in [0.25, 0.3) is 0 Å². The van der Waals surface area contributed by atoms with Gasteiger partial charge in [-0.25, -0.2) is 13.1 Å². The number of sulfonamides is 1. The molecule has 0 radical (unpaired) electrons. The summed E-state index contributed by atoms with van der Waals surface area (Å²) in [7, 11) is -3.71. The maximum Gasteiger partial charge on any atom is 0.325 e. The molecule has 2 aromatic heterocycles. The SMILES string of the molecule is Cc1cnn(CCNS(=O)(=O)c2cnn(CC(=O)O)c2)c1. The highest BCUT2D eigenvalue weighted by atomic mass is 32.2. The zero-order chi connectivity index (χ0) is 15.5. The lowest BCUT2D eigenvalue weighted by Gasteiger charge is -2.04. The maximum atomic E-state index is 12.0. The van der Waals surface area contributed by atoms with Crippen molar-refractivity contribution in [2.24, 2.45) is 0 Å². The Morgan fingerprint density at radius 2 is 2.00 bits per heavy atom. The van der Waals surface area contributed by atoms with Gasteiger partial charge in [0.1, 0.15) is 11.4 Å². The zero-order valence-electron chi connectivity index (χ0n) is 11.3. The van der Waals surface area contributed by atoms with Crippen LogP contribution in [-0.2, 0) is 27.9 Å². The zero-order valence-corrected chi connectivity index (χ0v) is 12.1. The lowest BCUT2D eigenvalue weighted by atomic mass is 10.4. The number of hydrogen-bond acceptors (Lipinski definition) is 5. The van der Waals surface area contributed by atoms with E-state index in [4.69, 9.17) is 5.11 Å². The van der Waals surface area contributed by atoms with Crippen LogP contribution in [0.3, 0.4) is 0 Å². The minimum atomic E-state index is -3.71. The Labute approximate surface area is 121 Å². The van der Waals surface area contributed by atoms with Gasteiger partial charge in [0.25, 0.3) is 0 Å². The van der Waals surface area contributed by atoms with E-state index in [9.17, 15) is 13.2 Å². The lowest BCUT2D eigenvalue weighted by Crippen LogP contribution is -2.27. The molecule has 114 valence electrons. The van der Waals surface area contributed by atoms with Crippen molar-refractivity contribution in [3.8, 4) is 0 Å². The van der Waals surface area contributed by atoms with Gasteiger partial charge in [-0.3, -0.25) is 14.2 Å². The van der Waals surface area contributed by atoms with Crippen LogP contribution in [0.5, 0.6) is 0 Å². The number of hydrogen-bond donors (Lipinski definition) is 2. The topological polar surface area (TPSA) is 119 Å². The minimum absolute atomic E-state index is 0.0691. The Bertz CT molecular complexity index is 733. The number of carbonyl (C=O) groups is 1. The third kappa shape index (κ3) is 4.13. The van der Waals surface area contributed by atoms with Gasteiger partial charge >= 0.3 is 5.97 Å². The van der Waals surface area contributed by atoms with Gasteiger partial charge in [-0.2, -0.15) is 10.2 Å². The third-order valence-corrected chi connectivity index (χ3v) is 4.03. The van der Waals surface area contributed by atoms with E-state index in [1.807, 2.05) is 6.92 Å². The van der Waals surface area contributed by atoms with Gasteiger partial charge in [-0.05, 0) is 12.5 Å². The first-order valence-corrected chi connectivity index (χ1v) is 7.58. The van der Waals surface area contributed by atoms with Crippen LogP contribution in [0, 0.1) is 6.92 Å². The maximum absolute atomic E-state index is 12.0. The van der Waals surface area contributed by atoms with Gasteiger partial charge in [0.05, 0.1) is 18.9 Å². The first kappa shape index (κ1) is 15.2. The standard InChI is InChI=1S/C11H15N5O4S/c1-9-4-12-15(6-9)3-2-14-21(19,20)10-5-13-16(7-10)8-11(17)18/h4-7,14H,2-3,8H2,1H3,(H,17,18). The summed E-state index contributed by atoms with van der Waals surface area (Å²) in [6.45, 7) is 2.08. The molecule has 2 N–H and O–H groups in total. The summed E-state index contributed by atoms with van der Waals surface area (Å²) < 4.78 is 29.1. The highest BCUT2D eigenvalue weighted by molar-refractivity contribution is 7.89. The number of rotatable bonds is 7. The van der Waals surface area contributed by atoms with E-state index in [-0.39, 0.29) is 18.0 Å². The molecule has 0 aliphatic rings. The number of carboxylic acids is 1. The van der Waals surface area contributed by atoms with E-state index in [0.717, 1.165) is 16.4 Å². The number of nitrogens with zero attached hydrogens (tertiary/aromatic N) is 4. The molecule has 2 aromatic rings. The molecular formula is C11H15N5O4S. The summed E-state index contributed by atoms with van der Waals surface area (Å²) >= 11 is 0. The van der Waals surface area contributed by atoms with Gasteiger partial charge in [-0.15, -0.1) is 0 Å². The van der Waals surface area contributed by atoms with Crippen LogP contribution in [0.15, 0.2) is 29.7 Å². The summed E-state index contributed by atoms with van der Waals surface area (Å²) in [5.74, 6) is -1.09. The Hall–Kier alpha value is -2.20. The smallest absolute Gasteiger partial charge is 0.325 e. The van der Waals surface area contributed by atoms with E-state index >= 15 is 0 Å². The Balaban J connectivity index is 1.94. The molecule has 0 fully saturated rings. The van der Waals surface area contributed by atoms with Gasteiger partial charge in [-0.1, -0.05) is 0 Å². The second kappa shape index (κ2) is 6.06. The van der Waals surface area contributed by atoms with Crippen LogP contribution in [0.1, 0.15) is 5.56 Å². The summed E-state index contributed by atoms with van der Waals surface area (Å²) in [5.41, 5.74) is 0.993. The van der Waals surface area contributed by atoms with Crippen molar-refractivity contribution in [2.45, 2.75) is 24.9 Å². The normalized spacial score (nSPS) is 11.7. The van der Waals surface area contributed by atoms with Crippen LogP contribution < -0.4 is 4.72 Å². The second-order valence-electron chi connectivity index (χ2n) is 4.45. The predicted molar refractivity (Wildman–Crippen MR) is 72.0 cm³/mol.